The first kappa shape index (κ1) is 22.7. The van der Waals surface area contributed by atoms with Gasteiger partial charge in [0.2, 0.25) is 0 Å². The Morgan fingerprint density at radius 3 is 2.58 bits per heavy atom. The fourth-order valence-corrected chi connectivity index (χ4v) is 2.82. The zero-order valence-corrected chi connectivity index (χ0v) is 17.1. The van der Waals surface area contributed by atoms with Crippen molar-refractivity contribution in [3.05, 3.63) is 58.1 Å². The van der Waals surface area contributed by atoms with Crippen LogP contribution >= 0.6 is 28.3 Å². The number of hydrogen-bond donors (Lipinski definition) is 2. The van der Waals surface area contributed by atoms with Gasteiger partial charge in [-0.1, -0.05) is 46.3 Å². The number of benzene rings is 2. The summed E-state index contributed by atoms with van der Waals surface area (Å²) in [5.74, 6) is 1.43. The van der Waals surface area contributed by atoms with Gasteiger partial charge in [0.15, 0.2) is 11.5 Å². The van der Waals surface area contributed by atoms with Crippen LogP contribution in [0.15, 0.2) is 46.9 Å². The molecule has 0 heterocycles. The van der Waals surface area contributed by atoms with E-state index in [1.165, 1.54) is 0 Å². The molecule has 0 saturated carbocycles. The SMILES string of the molecule is COc1cc(Br)cc(CNCCOCCO)c1OCc1ccccc1.Cl. The molecule has 2 aromatic carbocycles. The van der Waals surface area contributed by atoms with Crippen LogP contribution in [0.4, 0.5) is 0 Å². The minimum Gasteiger partial charge on any atom is -0.493 e. The zero-order chi connectivity index (χ0) is 17.9. The lowest BCUT2D eigenvalue weighted by atomic mass is 10.1. The van der Waals surface area contributed by atoms with Crippen molar-refractivity contribution in [2.24, 2.45) is 0 Å². The normalized spacial score (nSPS) is 10.3. The van der Waals surface area contributed by atoms with E-state index < -0.39 is 0 Å². The third-order valence-electron chi connectivity index (χ3n) is 3.52. The molecule has 0 bridgehead atoms. The van der Waals surface area contributed by atoms with Gasteiger partial charge in [0.1, 0.15) is 6.61 Å². The maximum Gasteiger partial charge on any atom is 0.166 e. The van der Waals surface area contributed by atoms with Gasteiger partial charge in [-0.15, -0.1) is 12.4 Å². The van der Waals surface area contributed by atoms with Crippen LogP contribution in [-0.2, 0) is 17.9 Å². The van der Waals surface area contributed by atoms with Crippen molar-refractivity contribution in [3.8, 4) is 11.5 Å². The van der Waals surface area contributed by atoms with Gasteiger partial charge in [0.05, 0.1) is 26.9 Å². The molecule has 0 unspecified atom stereocenters. The third kappa shape index (κ3) is 7.51. The van der Waals surface area contributed by atoms with Crippen LogP contribution in [0.5, 0.6) is 11.5 Å². The lowest BCUT2D eigenvalue weighted by Gasteiger charge is -2.16. The first-order valence-corrected chi connectivity index (χ1v) is 8.96. The zero-order valence-electron chi connectivity index (χ0n) is 14.7. The van der Waals surface area contributed by atoms with E-state index >= 15 is 0 Å². The second kappa shape index (κ2) is 12.9. The fourth-order valence-electron chi connectivity index (χ4n) is 2.33. The van der Waals surface area contributed by atoms with Crippen LogP contribution in [0.25, 0.3) is 0 Å². The Balaban J connectivity index is 0.00000338. The quantitative estimate of drug-likeness (QED) is 0.517. The molecule has 0 aromatic heterocycles. The summed E-state index contributed by atoms with van der Waals surface area (Å²) in [5, 5.41) is 12.0. The van der Waals surface area contributed by atoms with E-state index in [1.54, 1.807) is 7.11 Å². The second-order valence-electron chi connectivity index (χ2n) is 5.38. The minimum absolute atomic E-state index is 0. The molecule has 5 nitrogen and oxygen atoms in total. The smallest absolute Gasteiger partial charge is 0.166 e. The van der Waals surface area contributed by atoms with E-state index in [1.807, 2.05) is 42.5 Å². The average Bonchev–Trinajstić information content (AvgIpc) is 2.64. The number of hydrogen-bond acceptors (Lipinski definition) is 5. The molecule has 0 radical (unpaired) electrons. The maximum atomic E-state index is 8.70. The Kier molecular flexibility index (Phi) is 11.3. The molecule has 2 rings (SSSR count). The molecule has 7 heteroatoms. The van der Waals surface area contributed by atoms with Crippen molar-refractivity contribution in [1.29, 1.82) is 0 Å². The summed E-state index contributed by atoms with van der Waals surface area (Å²) in [6, 6.07) is 13.9. The van der Waals surface area contributed by atoms with Crippen molar-refractivity contribution in [2.45, 2.75) is 13.2 Å². The number of ether oxygens (including phenoxy) is 3. The summed E-state index contributed by atoms with van der Waals surface area (Å²) in [6.07, 6.45) is 0. The van der Waals surface area contributed by atoms with E-state index in [0.29, 0.717) is 38.7 Å². The maximum absolute atomic E-state index is 8.70. The second-order valence-corrected chi connectivity index (χ2v) is 6.30. The minimum atomic E-state index is 0. The summed E-state index contributed by atoms with van der Waals surface area (Å²) in [6.45, 7) is 2.74. The molecule has 0 atom stereocenters. The van der Waals surface area contributed by atoms with Gasteiger partial charge < -0.3 is 24.6 Å². The molecule has 0 aliphatic carbocycles. The van der Waals surface area contributed by atoms with E-state index in [4.69, 9.17) is 19.3 Å². The summed E-state index contributed by atoms with van der Waals surface area (Å²) in [4.78, 5) is 0. The number of halogens is 2. The van der Waals surface area contributed by atoms with Crippen molar-refractivity contribution in [1.82, 2.24) is 5.32 Å². The van der Waals surface area contributed by atoms with Crippen LogP contribution in [0.1, 0.15) is 11.1 Å². The van der Waals surface area contributed by atoms with Crippen LogP contribution in [0, 0.1) is 0 Å². The predicted molar refractivity (Wildman–Crippen MR) is 108 cm³/mol. The Labute approximate surface area is 169 Å². The molecule has 26 heavy (non-hydrogen) atoms. The number of methoxy groups -OCH3 is 1. The summed E-state index contributed by atoms with van der Waals surface area (Å²) in [5.41, 5.74) is 2.10. The van der Waals surface area contributed by atoms with Gasteiger partial charge in [0.25, 0.3) is 0 Å². The molecule has 0 amide bonds. The third-order valence-corrected chi connectivity index (χ3v) is 3.97. The van der Waals surface area contributed by atoms with Crippen molar-refractivity contribution < 1.29 is 19.3 Å². The van der Waals surface area contributed by atoms with E-state index in [9.17, 15) is 0 Å². The average molecular weight is 447 g/mol. The molecule has 0 aliphatic heterocycles. The summed E-state index contributed by atoms with van der Waals surface area (Å²) >= 11 is 3.51. The molecule has 0 spiro atoms. The number of nitrogens with one attached hydrogen (secondary N) is 1. The Morgan fingerprint density at radius 1 is 1.12 bits per heavy atom. The number of aliphatic hydroxyl groups is 1. The Hall–Kier alpha value is -1.31. The first-order chi connectivity index (χ1) is 12.2. The summed E-state index contributed by atoms with van der Waals surface area (Å²) < 4.78 is 17.7. The highest BCUT2D eigenvalue weighted by Gasteiger charge is 2.13. The van der Waals surface area contributed by atoms with Crippen molar-refractivity contribution in [3.63, 3.8) is 0 Å². The molecule has 0 aliphatic rings. The first-order valence-electron chi connectivity index (χ1n) is 8.17. The molecular weight excluding hydrogens is 422 g/mol. The van der Waals surface area contributed by atoms with Crippen LogP contribution in [0.2, 0.25) is 0 Å². The van der Waals surface area contributed by atoms with Gasteiger partial charge >= 0.3 is 0 Å². The number of rotatable bonds is 11. The molecule has 144 valence electrons. The van der Waals surface area contributed by atoms with E-state index in [-0.39, 0.29) is 19.0 Å². The predicted octanol–water partition coefficient (Wildman–Crippen LogP) is 3.56. The molecular formula is C19H25BrClNO4. The fraction of sp³-hybridized carbons (Fsp3) is 0.368. The summed E-state index contributed by atoms with van der Waals surface area (Å²) in [7, 11) is 1.64. The monoisotopic (exact) mass is 445 g/mol. The van der Waals surface area contributed by atoms with Gasteiger partial charge in [-0.05, 0) is 17.7 Å². The molecule has 2 N–H and O–H groups in total. The molecule has 0 fully saturated rings. The highest BCUT2D eigenvalue weighted by Crippen LogP contribution is 2.35. The Bertz CT molecular complexity index is 643. The van der Waals surface area contributed by atoms with Gasteiger partial charge in [0, 0.05) is 23.1 Å². The lowest BCUT2D eigenvalue weighted by molar-refractivity contribution is 0.0937. The lowest BCUT2D eigenvalue weighted by Crippen LogP contribution is -2.20. The molecule has 2 aromatic rings. The number of aliphatic hydroxyl groups excluding tert-OH is 1. The Morgan fingerprint density at radius 2 is 1.88 bits per heavy atom. The topological polar surface area (TPSA) is 60.0 Å². The highest BCUT2D eigenvalue weighted by atomic mass is 79.9. The van der Waals surface area contributed by atoms with Crippen molar-refractivity contribution >= 4 is 28.3 Å². The van der Waals surface area contributed by atoms with Gasteiger partial charge in [-0.2, -0.15) is 0 Å². The highest BCUT2D eigenvalue weighted by molar-refractivity contribution is 9.10. The van der Waals surface area contributed by atoms with Crippen LogP contribution in [0.3, 0.4) is 0 Å². The van der Waals surface area contributed by atoms with Gasteiger partial charge in [-0.3, -0.25) is 0 Å². The molecule has 0 saturated heterocycles. The van der Waals surface area contributed by atoms with E-state index in [2.05, 4.69) is 21.2 Å². The van der Waals surface area contributed by atoms with Crippen LogP contribution < -0.4 is 14.8 Å². The largest absolute Gasteiger partial charge is 0.493 e. The van der Waals surface area contributed by atoms with Crippen molar-refractivity contribution in [2.75, 3.05) is 33.5 Å². The van der Waals surface area contributed by atoms with Crippen LogP contribution in [-0.4, -0.2) is 38.6 Å². The van der Waals surface area contributed by atoms with E-state index in [0.717, 1.165) is 21.3 Å². The standard InChI is InChI=1S/C19H24BrNO4.ClH/c1-23-18-12-17(20)11-16(13-21-7-9-24-10-8-22)19(18)25-14-15-5-3-2-4-6-15;/h2-6,11-12,21-22H,7-10,13-14H2,1H3;1H. The van der Waals surface area contributed by atoms with Gasteiger partial charge in [-0.25, -0.2) is 0 Å².